The van der Waals surface area contributed by atoms with E-state index in [1.165, 1.54) is 0 Å². The summed E-state index contributed by atoms with van der Waals surface area (Å²) in [7, 11) is 3.37. The molecule has 0 saturated heterocycles. The van der Waals surface area contributed by atoms with Crippen LogP contribution in [0, 0.1) is 6.92 Å². The van der Waals surface area contributed by atoms with Gasteiger partial charge in [0.05, 0.1) is 7.11 Å². The normalized spacial score (nSPS) is 10.3. The minimum atomic E-state index is -0.0317. The number of methoxy groups -OCH3 is 1. The molecule has 2 rings (SSSR count). The Balaban J connectivity index is 2.39. The minimum absolute atomic E-state index is 0.0317. The average molecular weight is 230 g/mol. The van der Waals surface area contributed by atoms with Crippen molar-refractivity contribution in [3.05, 3.63) is 47.3 Å². The summed E-state index contributed by atoms with van der Waals surface area (Å²) in [5.74, 6) is 0.752. The van der Waals surface area contributed by atoms with Crippen molar-refractivity contribution in [2.24, 2.45) is 7.05 Å². The van der Waals surface area contributed by atoms with E-state index in [9.17, 15) is 4.79 Å². The Labute approximate surface area is 99.8 Å². The van der Waals surface area contributed by atoms with Crippen LogP contribution < -0.4 is 4.74 Å². The molecule has 0 amide bonds. The second-order valence-corrected chi connectivity index (χ2v) is 3.85. The van der Waals surface area contributed by atoms with Gasteiger partial charge in [-0.15, -0.1) is 0 Å². The van der Waals surface area contributed by atoms with Gasteiger partial charge >= 0.3 is 0 Å². The topological polar surface area (TPSA) is 44.1 Å². The maximum atomic E-state index is 12.2. The Morgan fingerprint density at radius 3 is 2.65 bits per heavy atom. The zero-order chi connectivity index (χ0) is 12.4. The van der Waals surface area contributed by atoms with E-state index in [4.69, 9.17) is 4.74 Å². The van der Waals surface area contributed by atoms with Crippen LogP contribution in [-0.2, 0) is 7.05 Å². The van der Waals surface area contributed by atoms with Gasteiger partial charge in [0.1, 0.15) is 11.4 Å². The predicted molar refractivity (Wildman–Crippen MR) is 64.4 cm³/mol. The van der Waals surface area contributed by atoms with E-state index in [2.05, 4.69) is 5.10 Å². The Morgan fingerprint density at radius 2 is 2.12 bits per heavy atom. The summed E-state index contributed by atoms with van der Waals surface area (Å²) in [6.45, 7) is 1.92. The highest BCUT2D eigenvalue weighted by molar-refractivity contribution is 6.08. The van der Waals surface area contributed by atoms with Crippen LogP contribution in [0.5, 0.6) is 5.75 Å². The van der Waals surface area contributed by atoms with Crippen LogP contribution in [0.2, 0.25) is 0 Å². The van der Waals surface area contributed by atoms with Crippen LogP contribution >= 0.6 is 0 Å². The molecule has 0 fully saturated rings. The molecule has 1 aromatic heterocycles. The van der Waals surface area contributed by atoms with E-state index in [1.807, 2.05) is 13.0 Å². The number of ether oxygens (including phenoxy) is 1. The van der Waals surface area contributed by atoms with Gasteiger partial charge in [-0.3, -0.25) is 9.48 Å². The van der Waals surface area contributed by atoms with Crippen molar-refractivity contribution in [3.63, 3.8) is 0 Å². The molecule has 88 valence electrons. The number of carbonyl (C=O) groups is 1. The van der Waals surface area contributed by atoms with Crippen molar-refractivity contribution in [1.82, 2.24) is 9.78 Å². The van der Waals surface area contributed by atoms with Crippen molar-refractivity contribution in [2.45, 2.75) is 6.92 Å². The molecule has 0 saturated carbocycles. The number of hydrogen-bond acceptors (Lipinski definition) is 3. The summed E-state index contributed by atoms with van der Waals surface area (Å²) in [5.41, 5.74) is 2.17. The lowest BCUT2D eigenvalue weighted by atomic mass is 10.1. The molecule has 0 aliphatic carbocycles. The molecule has 4 nitrogen and oxygen atoms in total. The lowest BCUT2D eigenvalue weighted by molar-refractivity contribution is 0.103. The second-order valence-electron chi connectivity index (χ2n) is 3.85. The molecule has 4 heteroatoms. The first kappa shape index (κ1) is 11.4. The molecule has 0 N–H and O–H groups in total. The molecule has 0 unspecified atom stereocenters. The van der Waals surface area contributed by atoms with Gasteiger partial charge in [0.15, 0.2) is 0 Å². The first-order valence-electron chi connectivity index (χ1n) is 5.31. The summed E-state index contributed by atoms with van der Waals surface area (Å²) in [6.07, 6.45) is 1.61. The van der Waals surface area contributed by atoms with Gasteiger partial charge in [-0.25, -0.2) is 0 Å². The molecule has 0 atom stereocenters. The Bertz CT molecular complexity index is 558. The molecule has 0 aliphatic heterocycles. The van der Waals surface area contributed by atoms with E-state index >= 15 is 0 Å². The Hall–Kier alpha value is -2.10. The van der Waals surface area contributed by atoms with Crippen LogP contribution in [0.25, 0.3) is 0 Å². The largest absolute Gasteiger partial charge is 0.496 e. The van der Waals surface area contributed by atoms with Gasteiger partial charge in [0, 0.05) is 18.8 Å². The van der Waals surface area contributed by atoms with Crippen LogP contribution in [0.3, 0.4) is 0 Å². The summed E-state index contributed by atoms with van der Waals surface area (Å²) in [5, 5.41) is 3.99. The fourth-order valence-corrected chi connectivity index (χ4v) is 1.76. The summed E-state index contributed by atoms with van der Waals surface area (Å²) in [4.78, 5) is 12.2. The lowest BCUT2D eigenvalue weighted by Gasteiger charge is -2.06. The Morgan fingerprint density at radius 1 is 1.35 bits per heavy atom. The highest BCUT2D eigenvalue weighted by Crippen LogP contribution is 2.20. The molecule has 1 heterocycles. The molecule has 17 heavy (non-hydrogen) atoms. The quantitative estimate of drug-likeness (QED) is 0.757. The number of benzene rings is 1. The number of aromatic nitrogens is 2. The minimum Gasteiger partial charge on any atom is -0.496 e. The van der Waals surface area contributed by atoms with Crippen LogP contribution in [0.15, 0.2) is 30.5 Å². The van der Waals surface area contributed by atoms with Gasteiger partial charge in [-0.05, 0) is 36.8 Å². The third-order valence-corrected chi connectivity index (χ3v) is 2.71. The first-order chi connectivity index (χ1) is 8.13. The van der Waals surface area contributed by atoms with Gasteiger partial charge in [-0.1, -0.05) is 0 Å². The molecular weight excluding hydrogens is 216 g/mol. The third kappa shape index (κ3) is 2.06. The molecule has 1 aromatic carbocycles. The maximum absolute atomic E-state index is 12.2. The molecule has 0 radical (unpaired) electrons. The zero-order valence-electron chi connectivity index (χ0n) is 10.1. The average Bonchev–Trinajstić information content (AvgIpc) is 2.74. The van der Waals surface area contributed by atoms with E-state index in [0.29, 0.717) is 11.3 Å². The van der Waals surface area contributed by atoms with Gasteiger partial charge in [-0.2, -0.15) is 5.10 Å². The number of ketones is 1. The predicted octanol–water partition coefficient (Wildman–Crippen LogP) is 1.97. The van der Waals surface area contributed by atoms with Crippen molar-refractivity contribution >= 4 is 5.78 Å². The van der Waals surface area contributed by atoms with Gasteiger partial charge < -0.3 is 4.74 Å². The fourth-order valence-electron chi connectivity index (χ4n) is 1.76. The number of rotatable bonds is 3. The molecular formula is C13H14N2O2. The van der Waals surface area contributed by atoms with Gasteiger partial charge in [0.25, 0.3) is 0 Å². The van der Waals surface area contributed by atoms with Crippen molar-refractivity contribution < 1.29 is 9.53 Å². The standard InChI is InChI=1S/C13H14N2O2/c1-9-8-10(4-5-12(9)17-3)13(16)11-6-7-14-15(11)2/h4-8H,1-3H3. The van der Waals surface area contributed by atoms with Crippen molar-refractivity contribution in [2.75, 3.05) is 7.11 Å². The van der Waals surface area contributed by atoms with E-state index in [-0.39, 0.29) is 5.78 Å². The fraction of sp³-hybridized carbons (Fsp3) is 0.231. The summed E-state index contributed by atoms with van der Waals surface area (Å²) >= 11 is 0. The Kier molecular flexibility index (Phi) is 2.95. The molecule has 0 aliphatic rings. The maximum Gasteiger partial charge on any atom is 0.211 e. The van der Waals surface area contributed by atoms with Crippen molar-refractivity contribution in [3.8, 4) is 5.75 Å². The third-order valence-electron chi connectivity index (χ3n) is 2.71. The van der Waals surface area contributed by atoms with E-state index in [0.717, 1.165) is 11.3 Å². The number of nitrogens with zero attached hydrogens (tertiary/aromatic N) is 2. The monoisotopic (exact) mass is 230 g/mol. The molecule has 2 aromatic rings. The highest BCUT2D eigenvalue weighted by atomic mass is 16.5. The smallest absolute Gasteiger partial charge is 0.211 e. The summed E-state index contributed by atoms with van der Waals surface area (Å²) < 4.78 is 6.74. The molecule has 0 bridgehead atoms. The van der Waals surface area contributed by atoms with Crippen LogP contribution in [0.1, 0.15) is 21.6 Å². The van der Waals surface area contributed by atoms with Gasteiger partial charge in [0.2, 0.25) is 5.78 Å². The van der Waals surface area contributed by atoms with Crippen LogP contribution in [-0.4, -0.2) is 22.7 Å². The summed E-state index contributed by atoms with van der Waals surface area (Å²) in [6, 6.07) is 7.11. The van der Waals surface area contributed by atoms with Crippen LogP contribution in [0.4, 0.5) is 0 Å². The molecule has 0 spiro atoms. The van der Waals surface area contributed by atoms with Crippen molar-refractivity contribution in [1.29, 1.82) is 0 Å². The zero-order valence-corrected chi connectivity index (χ0v) is 10.1. The van der Waals surface area contributed by atoms with E-state index < -0.39 is 0 Å². The second kappa shape index (κ2) is 4.41. The first-order valence-corrected chi connectivity index (χ1v) is 5.31. The highest BCUT2D eigenvalue weighted by Gasteiger charge is 2.13. The number of aryl methyl sites for hydroxylation is 2. The SMILES string of the molecule is COc1ccc(C(=O)c2ccnn2C)cc1C. The lowest BCUT2D eigenvalue weighted by Crippen LogP contribution is -2.08. The van der Waals surface area contributed by atoms with E-state index in [1.54, 1.807) is 43.2 Å². The number of carbonyl (C=O) groups excluding carboxylic acids is 1. The number of hydrogen-bond donors (Lipinski definition) is 0.